The molecule has 1 fully saturated rings. The monoisotopic (exact) mass is 331 g/mol. The molecule has 0 aromatic heterocycles. The highest BCUT2D eigenvalue weighted by atomic mass is 16.4. The van der Waals surface area contributed by atoms with Crippen molar-refractivity contribution in [3.63, 3.8) is 0 Å². The van der Waals surface area contributed by atoms with Gasteiger partial charge >= 0.3 is 5.97 Å². The minimum atomic E-state index is -0.794. The van der Waals surface area contributed by atoms with Crippen LogP contribution in [0.1, 0.15) is 69.9 Å². The number of rotatable bonds is 5. The molecule has 0 bridgehead atoms. The van der Waals surface area contributed by atoms with Crippen LogP contribution in [0.5, 0.6) is 0 Å². The quantitative estimate of drug-likeness (QED) is 0.886. The van der Waals surface area contributed by atoms with Crippen molar-refractivity contribution in [1.29, 1.82) is 0 Å². The molecule has 0 saturated carbocycles. The minimum absolute atomic E-state index is 0.0638. The topological polar surface area (TPSA) is 57.6 Å². The van der Waals surface area contributed by atoms with Gasteiger partial charge in [0.2, 0.25) is 5.91 Å². The maximum atomic E-state index is 12.7. The summed E-state index contributed by atoms with van der Waals surface area (Å²) in [5.41, 5.74) is 2.46. The summed E-state index contributed by atoms with van der Waals surface area (Å²) in [4.78, 5) is 25.7. The highest BCUT2D eigenvalue weighted by Crippen LogP contribution is 2.27. The first-order valence-corrected chi connectivity index (χ1v) is 8.91. The van der Waals surface area contributed by atoms with Gasteiger partial charge in [-0.25, -0.2) is 0 Å². The molecule has 1 heterocycles. The maximum absolute atomic E-state index is 12.7. The summed E-state index contributed by atoms with van der Waals surface area (Å²) in [6, 6.07) is 8.60. The van der Waals surface area contributed by atoms with E-state index in [1.807, 2.05) is 6.92 Å². The molecule has 1 aromatic rings. The van der Waals surface area contributed by atoms with Crippen molar-refractivity contribution in [1.82, 2.24) is 4.90 Å². The summed E-state index contributed by atoms with van der Waals surface area (Å²) >= 11 is 0. The molecule has 4 heteroatoms. The van der Waals surface area contributed by atoms with E-state index in [9.17, 15) is 14.7 Å². The van der Waals surface area contributed by atoms with Crippen LogP contribution in [-0.4, -0.2) is 34.5 Å². The molecule has 0 radical (unpaired) electrons. The summed E-state index contributed by atoms with van der Waals surface area (Å²) in [7, 11) is 0. The predicted octanol–water partition coefficient (Wildman–Crippen LogP) is 4.02. The lowest BCUT2D eigenvalue weighted by atomic mass is 9.91. The van der Waals surface area contributed by atoms with E-state index in [4.69, 9.17) is 0 Å². The Hall–Kier alpha value is -1.84. The van der Waals surface area contributed by atoms with Crippen molar-refractivity contribution in [3.8, 4) is 0 Å². The fourth-order valence-electron chi connectivity index (χ4n) is 3.36. The number of carbonyl (C=O) groups excluding carboxylic acids is 1. The van der Waals surface area contributed by atoms with E-state index in [1.165, 1.54) is 5.56 Å². The number of likely N-dealkylation sites (tertiary alicyclic amines) is 1. The lowest BCUT2D eigenvalue weighted by Crippen LogP contribution is -2.47. The van der Waals surface area contributed by atoms with Crippen LogP contribution in [-0.2, 0) is 9.59 Å². The molecule has 1 aliphatic rings. The molecule has 4 nitrogen and oxygen atoms in total. The van der Waals surface area contributed by atoms with Crippen molar-refractivity contribution in [2.45, 2.75) is 64.8 Å². The van der Waals surface area contributed by atoms with Crippen LogP contribution in [0.4, 0.5) is 0 Å². The fourth-order valence-corrected chi connectivity index (χ4v) is 3.36. The van der Waals surface area contributed by atoms with Crippen molar-refractivity contribution >= 4 is 11.9 Å². The van der Waals surface area contributed by atoms with E-state index in [1.54, 1.807) is 4.90 Å². The van der Waals surface area contributed by atoms with Crippen LogP contribution in [0.15, 0.2) is 24.3 Å². The largest absolute Gasteiger partial charge is 0.481 e. The number of carboxylic acid groups (broad SMARTS) is 1. The summed E-state index contributed by atoms with van der Waals surface area (Å²) in [5.74, 6) is -0.522. The third kappa shape index (κ3) is 4.37. The first kappa shape index (κ1) is 18.5. The number of aliphatic carboxylic acids is 1. The van der Waals surface area contributed by atoms with Gasteiger partial charge in [-0.15, -0.1) is 0 Å². The maximum Gasteiger partial charge on any atom is 0.308 e. The Bertz CT molecular complexity index is 579. The molecule has 3 unspecified atom stereocenters. The number of carboxylic acids is 1. The summed E-state index contributed by atoms with van der Waals surface area (Å²) in [6.07, 6.45) is 1.85. The van der Waals surface area contributed by atoms with Crippen LogP contribution in [0.25, 0.3) is 0 Å². The van der Waals surface area contributed by atoms with Gasteiger partial charge in [-0.1, -0.05) is 45.0 Å². The number of benzene rings is 1. The van der Waals surface area contributed by atoms with Gasteiger partial charge in [0.05, 0.1) is 5.92 Å². The smallest absolute Gasteiger partial charge is 0.308 e. The fraction of sp³-hybridized carbons (Fsp3) is 0.600. The molecule has 1 amide bonds. The van der Waals surface area contributed by atoms with Crippen LogP contribution in [0.2, 0.25) is 0 Å². The van der Waals surface area contributed by atoms with Gasteiger partial charge in [0.1, 0.15) is 0 Å². The van der Waals surface area contributed by atoms with Gasteiger partial charge in [0.25, 0.3) is 0 Å². The molecule has 1 saturated heterocycles. The van der Waals surface area contributed by atoms with Crippen molar-refractivity contribution in [2.24, 2.45) is 5.92 Å². The molecule has 2 rings (SSSR count). The third-order valence-corrected chi connectivity index (χ3v) is 5.20. The number of nitrogens with zero attached hydrogens (tertiary/aromatic N) is 1. The molecule has 0 spiro atoms. The highest BCUT2D eigenvalue weighted by molar-refractivity contribution is 5.79. The summed E-state index contributed by atoms with van der Waals surface area (Å²) < 4.78 is 0. The van der Waals surface area contributed by atoms with Crippen LogP contribution in [0, 0.1) is 5.92 Å². The molecule has 3 atom stereocenters. The molecule has 0 aliphatic carbocycles. The Balaban J connectivity index is 2.00. The average molecular weight is 331 g/mol. The first-order valence-electron chi connectivity index (χ1n) is 8.91. The Kier molecular flexibility index (Phi) is 6.03. The van der Waals surface area contributed by atoms with Gasteiger partial charge in [-0.05, 0) is 42.7 Å². The van der Waals surface area contributed by atoms with Crippen molar-refractivity contribution < 1.29 is 14.7 Å². The lowest BCUT2D eigenvalue weighted by Gasteiger charge is -2.37. The lowest BCUT2D eigenvalue weighted by molar-refractivity contribution is -0.147. The second-order valence-corrected chi connectivity index (χ2v) is 7.43. The standard InChI is InChI=1S/C20H29NO3/c1-13(2)16-7-9-17(10-8-16)14(3)11-19(22)21-12-18(20(23)24)6-5-15(21)4/h7-10,13-15,18H,5-6,11-12H2,1-4H3,(H,23,24). The van der Waals surface area contributed by atoms with Gasteiger partial charge in [0, 0.05) is 19.0 Å². The summed E-state index contributed by atoms with van der Waals surface area (Å²) in [6.45, 7) is 8.75. The normalized spacial score (nSPS) is 22.5. The van der Waals surface area contributed by atoms with Gasteiger partial charge in [0.15, 0.2) is 0 Å². The zero-order valence-corrected chi connectivity index (χ0v) is 15.2. The van der Waals surface area contributed by atoms with Crippen LogP contribution >= 0.6 is 0 Å². The number of carbonyl (C=O) groups is 2. The number of hydrogen-bond donors (Lipinski definition) is 1. The van der Waals surface area contributed by atoms with E-state index in [2.05, 4.69) is 45.0 Å². The SMILES string of the molecule is CC(C)c1ccc(C(C)CC(=O)N2CC(C(=O)O)CCC2C)cc1. The highest BCUT2D eigenvalue weighted by Gasteiger charge is 2.32. The summed E-state index contributed by atoms with van der Waals surface area (Å²) in [5, 5.41) is 9.22. The molecular formula is C20H29NO3. The van der Waals surface area contributed by atoms with Gasteiger partial charge in [-0.2, -0.15) is 0 Å². The Morgan fingerprint density at radius 2 is 1.71 bits per heavy atom. The third-order valence-electron chi connectivity index (χ3n) is 5.20. The average Bonchev–Trinajstić information content (AvgIpc) is 2.54. The minimum Gasteiger partial charge on any atom is -0.481 e. The zero-order chi connectivity index (χ0) is 17.9. The molecule has 1 aromatic carbocycles. The van der Waals surface area contributed by atoms with Gasteiger partial charge < -0.3 is 10.0 Å². The molecule has 1 aliphatic heterocycles. The van der Waals surface area contributed by atoms with E-state index in [0.29, 0.717) is 25.3 Å². The second-order valence-electron chi connectivity index (χ2n) is 7.43. The van der Waals surface area contributed by atoms with Crippen LogP contribution in [0.3, 0.4) is 0 Å². The van der Waals surface area contributed by atoms with Crippen LogP contribution < -0.4 is 0 Å². The first-order chi connectivity index (χ1) is 11.3. The van der Waals surface area contributed by atoms with E-state index >= 15 is 0 Å². The molecule has 132 valence electrons. The van der Waals surface area contributed by atoms with Gasteiger partial charge in [-0.3, -0.25) is 9.59 Å². The van der Waals surface area contributed by atoms with Crippen molar-refractivity contribution in [2.75, 3.05) is 6.54 Å². The predicted molar refractivity (Wildman–Crippen MR) is 95.1 cm³/mol. The zero-order valence-electron chi connectivity index (χ0n) is 15.2. The Labute approximate surface area is 144 Å². The van der Waals surface area contributed by atoms with Crippen molar-refractivity contribution in [3.05, 3.63) is 35.4 Å². The molecule has 24 heavy (non-hydrogen) atoms. The van der Waals surface area contributed by atoms with E-state index in [0.717, 1.165) is 12.0 Å². The number of piperidine rings is 1. The van der Waals surface area contributed by atoms with E-state index < -0.39 is 11.9 Å². The molecule has 1 N–H and O–H groups in total. The second kappa shape index (κ2) is 7.82. The number of hydrogen-bond acceptors (Lipinski definition) is 2. The molecular weight excluding hydrogens is 302 g/mol. The van der Waals surface area contributed by atoms with E-state index in [-0.39, 0.29) is 17.9 Å². The number of amides is 1. The Morgan fingerprint density at radius 3 is 2.25 bits per heavy atom. The Morgan fingerprint density at radius 1 is 1.12 bits per heavy atom.